The van der Waals surface area contributed by atoms with Gasteiger partial charge in [0.25, 0.3) is 5.91 Å². The van der Waals surface area contributed by atoms with Crippen molar-refractivity contribution in [3.8, 4) is 17.4 Å². The van der Waals surface area contributed by atoms with Gasteiger partial charge in [0.05, 0.1) is 11.6 Å². The van der Waals surface area contributed by atoms with E-state index in [0.717, 1.165) is 25.0 Å². The molecule has 4 heterocycles. The summed E-state index contributed by atoms with van der Waals surface area (Å²) in [6.07, 6.45) is 7.68. The Labute approximate surface area is 196 Å². The van der Waals surface area contributed by atoms with Gasteiger partial charge in [0, 0.05) is 36.9 Å². The van der Waals surface area contributed by atoms with E-state index in [0.29, 0.717) is 35.4 Å². The number of halogens is 1. The number of nitrogens with zero attached hydrogens (tertiary/aromatic N) is 6. The first-order chi connectivity index (χ1) is 16.6. The summed E-state index contributed by atoms with van der Waals surface area (Å²) in [5.41, 5.74) is 1.23. The smallest absolute Gasteiger partial charge is 0.256 e. The van der Waals surface area contributed by atoms with E-state index >= 15 is 0 Å². The highest BCUT2D eigenvalue weighted by Crippen LogP contribution is 2.32. The number of carbonyl (C=O) groups is 1. The molecule has 1 amide bonds. The second-order valence-electron chi connectivity index (χ2n) is 8.13. The molecule has 172 valence electrons. The lowest BCUT2D eigenvalue weighted by molar-refractivity contribution is 0.0598. The van der Waals surface area contributed by atoms with Gasteiger partial charge in [-0.15, -0.1) is 0 Å². The van der Waals surface area contributed by atoms with Crippen LogP contribution in [0.1, 0.15) is 47.2 Å². The number of aryl methyl sites for hydroxylation is 1. The monoisotopic (exact) mass is 458 g/mol. The zero-order valence-corrected chi connectivity index (χ0v) is 18.6. The molecule has 3 aromatic heterocycles. The van der Waals surface area contributed by atoms with Crippen molar-refractivity contribution in [1.82, 2.24) is 29.6 Å². The third-order valence-electron chi connectivity index (χ3n) is 5.68. The maximum atomic E-state index is 13.4. The predicted molar refractivity (Wildman–Crippen MR) is 122 cm³/mol. The standard InChI is InChI=1S/C25H23FN6O2/c1-17-15-23(34-20-9-7-19(26)8-10-20)30-24(29-17)21-5-2-3-13-31(21)25(33)18-6-11-22(27-16-18)32-14-4-12-28-32/h4,6-12,14-16,21H,2-3,5,13H2,1H3. The second kappa shape index (κ2) is 9.38. The second-order valence-corrected chi connectivity index (χ2v) is 8.13. The molecule has 4 aromatic rings. The third-order valence-corrected chi connectivity index (χ3v) is 5.68. The van der Waals surface area contributed by atoms with E-state index in [-0.39, 0.29) is 17.8 Å². The lowest BCUT2D eigenvalue weighted by Crippen LogP contribution is -2.39. The summed E-state index contributed by atoms with van der Waals surface area (Å²) < 4.78 is 20.7. The molecule has 34 heavy (non-hydrogen) atoms. The normalized spacial score (nSPS) is 15.8. The minimum Gasteiger partial charge on any atom is -0.439 e. The molecule has 0 radical (unpaired) electrons. The van der Waals surface area contributed by atoms with Crippen molar-refractivity contribution < 1.29 is 13.9 Å². The Morgan fingerprint density at radius 3 is 2.71 bits per heavy atom. The Morgan fingerprint density at radius 1 is 1.12 bits per heavy atom. The van der Waals surface area contributed by atoms with Crippen molar-refractivity contribution in [1.29, 1.82) is 0 Å². The van der Waals surface area contributed by atoms with Crippen LogP contribution in [0.5, 0.6) is 11.6 Å². The highest BCUT2D eigenvalue weighted by molar-refractivity contribution is 5.94. The van der Waals surface area contributed by atoms with Crippen LogP contribution in [0.4, 0.5) is 4.39 Å². The van der Waals surface area contributed by atoms with Crippen LogP contribution in [0.15, 0.2) is 67.1 Å². The Morgan fingerprint density at radius 2 is 1.97 bits per heavy atom. The number of piperidine rings is 1. The Bertz CT molecular complexity index is 1280. The molecule has 0 saturated carbocycles. The Kier molecular flexibility index (Phi) is 5.99. The lowest BCUT2D eigenvalue weighted by Gasteiger charge is -2.35. The molecule has 8 nitrogen and oxygen atoms in total. The van der Waals surface area contributed by atoms with Gasteiger partial charge in [-0.25, -0.2) is 19.0 Å². The molecule has 1 aliphatic rings. The number of aromatic nitrogens is 5. The van der Waals surface area contributed by atoms with Gasteiger partial charge >= 0.3 is 0 Å². The number of rotatable bonds is 5. The molecule has 9 heteroatoms. The van der Waals surface area contributed by atoms with E-state index in [1.807, 2.05) is 17.9 Å². The molecule has 1 aromatic carbocycles. The molecule has 1 atom stereocenters. The Balaban J connectivity index is 1.39. The molecule has 1 fully saturated rings. The zero-order valence-electron chi connectivity index (χ0n) is 18.6. The fourth-order valence-corrected chi connectivity index (χ4v) is 4.05. The minimum absolute atomic E-state index is 0.115. The van der Waals surface area contributed by atoms with Crippen LogP contribution in [0.25, 0.3) is 5.82 Å². The van der Waals surface area contributed by atoms with Crippen molar-refractivity contribution >= 4 is 5.91 Å². The van der Waals surface area contributed by atoms with Gasteiger partial charge in [-0.3, -0.25) is 4.79 Å². The average molecular weight is 458 g/mol. The molecule has 0 spiro atoms. The molecule has 0 bridgehead atoms. The molecule has 0 aliphatic carbocycles. The third kappa shape index (κ3) is 4.63. The fraction of sp³-hybridized carbons (Fsp3) is 0.240. The molecular weight excluding hydrogens is 435 g/mol. The summed E-state index contributed by atoms with van der Waals surface area (Å²) >= 11 is 0. The van der Waals surface area contributed by atoms with Crippen LogP contribution in [0.3, 0.4) is 0 Å². The van der Waals surface area contributed by atoms with E-state index in [4.69, 9.17) is 4.74 Å². The summed E-state index contributed by atoms with van der Waals surface area (Å²) in [6, 6.07) is 12.5. The van der Waals surface area contributed by atoms with Crippen LogP contribution < -0.4 is 4.74 Å². The molecule has 1 saturated heterocycles. The quantitative estimate of drug-likeness (QED) is 0.432. The lowest BCUT2D eigenvalue weighted by atomic mass is 10.00. The molecule has 1 aliphatic heterocycles. The largest absolute Gasteiger partial charge is 0.439 e. The van der Waals surface area contributed by atoms with Crippen LogP contribution in [-0.4, -0.2) is 42.1 Å². The summed E-state index contributed by atoms with van der Waals surface area (Å²) in [5.74, 6) is 1.56. The number of hydrogen-bond acceptors (Lipinski definition) is 6. The van der Waals surface area contributed by atoms with Gasteiger partial charge < -0.3 is 9.64 Å². The molecule has 1 unspecified atom stereocenters. The van der Waals surface area contributed by atoms with Crippen molar-refractivity contribution in [3.63, 3.8) is 0 Å². The van der Waals surface area contributed by atoms with Crippen molar-refractivity contribution in [3.05, 3.63) is 90.0 Å². The highest BCUT2D eigenvalue weighted by Gasteiger charge is 2.31. The van der Waals surface area contributed by atoms with E-state index in [9.17, 15) is 9.18 Å². The number of amides is 1. The highest BCUT2D eigenvalue weighted by atomic mass is 19.1. The van der Waals surface area contributed by atoms with Gasteiger partial charge in [-0.1, -0.05) is 0 Å². The summed E-state index contributed by atoms with van der Waals surface area (Å²) in [6.45, 7) is 2.46. The van der Waals surface area contributed by atoms with E-state index in [2.05, 4.69) is 20.1 Å². The van der Waals surface area contributed by atoms with Crippen LogP contribution >= 0.6 is 0 Å². The van der Waals surface area contributed by atoms with Crippen molar-refractivity contribution in [2.45, 2.75) is 32.2 Å². The van der Waals surface area contributed by atoms with Gasteiger partial charge in [0.1, 0.15) is 11.6 Å². The molecule has 0 N–H and O–H groups in total. The van der Waals surface area contributed by atoms with E-state index in [1.54, 1.807) is 53.6 Å². The minimum atomic E-state index is -0.338. The van der Waals surface area contributed by atoms with Gasteiger partial charge in [-0.05, 0) is 68.7 Å². The number of ether oxygens (including phenoxy) is 1. The van der Waals surface area contributed by atoms with Gasteiger partial charge in [0.15, 0.2) is 11.6 Å². The number of hydrogen-bond donors (Lipinski definition) is 0. The molecule has 5 rings (SSSR count). The number of likely N-dealkylation sites (tertiary alicyclic amines) is 1. The zero-order chi connectivity index (χ0) is 23.5. The fourth-order valence-electron chi connectivity index (χ4n) is 4.05. The first-order valence-corrected chi connectivity index (χ1v) is 11.1. The van der Waals surface area contributed by atoms with Crippen LogP contribution in [0, 0.1) is 12.7 Å². The summed E-state index contributed by atoms with van der Waals surface area (Å²) in [7, 11) is 0. The Hall–Kier alpha value is -4.14. The SMILES string of the molecule is Cc1cc(Oc2ccc(F)cc2)nc(C2CCCCN2C(=O)c2ccc(-n3cccn3)nc2)n1. The number of carbonyl (C=O) groups excluding carboxylic acids is 1. The average Bonchev–Trinajstić information content (AvgIpc) is 3.40. The molecular formula is C25H23FN6O2. The predicted octanol–water partition coefficient (Wildman–Crippen LogP) is 4.66. The van der Waals surface area contributed by atoms with Crippen molar-refractivity contribution in [2.24, 2.45) is 0 Å². The van der Waals surface area contributed by atoms with Gasteiger partial charge in [-0.2, -0.15) is 10.1 Å². The summed E-state index contributed by atoms with van der Waals surface area (Å²) in [4.78, 5) is 28.8. The van der Waals surface area contributed by atoms with E-state index in [1.165, 1.54) is 12.1 Å². The summed E-state index contributed by atoms with van der Waals surface area (Å²) in [5, 5.41) is 4.17. The maximum absolute atomic E-state index is 13.4. The van der Waals surface area contributed by atoms with Crippen molar-refractivity contribution in [2.75, 3.05) is 6.54 Å². The topological polar surface area (TPSA) is 86.0 Å². The van der Waals surface area contributed by atoms with Crippen LogP contribution in [0.2, 0.25) is 0 Å². The first-order valence-electron chi connectivity index (χ1n) is 11.1. The maximum Gasteiger partial charge on any atom is 0.256 e. The number of benzene rings is 1. The van der Waals surface area contributed by atoms with Gasteiger partial charge in [0.2, 0.25) is 5.88 Å². The van der Waals surface area contributed by atoms with Crippen LogP contribution in [-0.2, 0) is 0 Å². The number of pyridine rings is 1. The van der Waals surface area contributed by atoms with E-state index < -0.39 is 0 Å². The first kappa shape index (κ1) is 21.7.